The van der Waals surface area contributed by atoms with Crippen molar-refractivity contribution in [3.8, 4) is 16.6 Å². The SMILES string of the molecule is COc1ccc(CCn2c(-c3nccs3)nc3cc(NC(=NC4CC5CC(C4C)C5(C)C)N4CCNC(C)C4)ccc3c2=O)c(F)c1. The lowest BCUT2D eigenvalue weighted by atomic mass is 9.45. The Morgan fingerprint density at radius 2 is 2.06 bits per heavy atom. The van der Waals surface area contributed by atoms with Gasteiger partial charge < -0.3 is 20.3 Å². The van der Waals surface area contributed by atoms with Gasteiger partial charge in [0.1, 0.15) is 11.6 Å². The van der Waals surface area contributed by atoms with E-state index < -0.39 is 0 Å². The van der Waals surface area contributed by atoms with Gasteiger partial charge in [0.05, 0.1) is 24.1 Å². The molecule has 8 rings (SSSR count). The van der Waals surface area contributed by atoms with Gasteiger partial charge in [0, 0.05) is 55.6 Å². The number of ether oxygens (including phenoxy) is 1. The van der Waals surface area contributed by atoms with Crippen LogP contribution in [0.15, 0.2) is 57.8 Å². The Morgan fingerprint density at radius 1 is 1.21 bits per heavy atom. The Labute approximate surface area is 279 Å². The van der Waals surface area contributed by atoms with Crippen LogP contribution in [0.25, 0.3) is 21.7 Å². The van der Waals surface area contributed by atoms with Gasteiger partial charge in [-0.15, -0.1) is 11.3 Å². The molecule has 1 aliphatic heterocycles. The summed E-state index contributed by atoms with van der Waals surface area (Å²) in [5.41, 5.74) is 2.15. The van der Waals surface area contributed by atoms with E-state index in [9.17, 15) is 9.18 Å². The molecule has 4 fully saturated rings. The van der Waals surface area contributed by atoms with E-state index in [1.165, 1.54) is 30.9 Å². The first kappa shape index (κ1) is 31.8. The summed E-state index contributed by atoms with van der Waals surface area (Å²) in [6, 6.07) is 11.1. The molecule has 3 saturated carbocycles. The standard InChI is InChI=1S/C36H44FN7O2S/c1-21-20-43(14-11-38-21)35(42-30-17-24-16-28(22(30)2)36(24,3)4)40-25-7-9-27-31(18-25)41-32(33-39-12-15-47-33)44(34(27)45)13-10-23-6-8-26(46-5)19-29(23)37/h6-9,12,15,18-19,21-22,24,28,30,38H,10-11,13-14,16-17,20H2,1-5H3,(H,40,42). The molecule has 0 amide bonds. The molecule has 4 aromatic rings. The number of guanidine groups is 1. The number of hydrogen-bond acceptors (Lipinski definition) is 7. The summed E-state index contributed by atoms with van der Waals surface area (Å²) in [7, 11) is 1.51. The van der Waals surface area contributed by atoms with E-state index in [1.807, 2.05) is 23.6 Å². The van der Waals surface area contributed by atoms with Gasteiger partial charge in [-0.25, -0.2) is 19.4 Å². The summed E-state index contributed by atoms with van der Waals surface area (Å²) in [4.78, 5) is 31.2. The number of thiazole rings is 1. The number of methoxy groups -OCH3 is 1. The lowest BCUT2D eigenvalue weighted by Gasteiger charge is -2.61. The molecule has 2 aromatic heterocycles. The minimum atomic E-state index is -0.364. The molecule has 4 aliphatic rings. The van der Waals surface area contributed by atoms with Crippen LogP contribution in [0, 0.1) is 29.0 Å². The highest BCUT2D eigenvalue weighted by Gasteiger charge is 2.56. The summed E-state index contributed by atoms with van der Waals surface area (Å²) in [6.07, 6.45) is 4.46. The largest absolute Gasteiger partial charge is 0.497 e. The Bertz CT molecular complexity index is 1860. The first-order valence-electron chi connectivity index (χ1n) is 16.7. The molecule has 248 valence electrons. The van der Waals surface area contributed by atoms with E-state index in [0.717, 1.165) is 43.6 Å². The number of anilines is 1. The molecule has 3 aliphatic carbocycles. The van der Waals surface area contributed by atoms with E-state index in [2.05, 4.69) is 48.2 Å². The van der Waals surface area contributed by atoms with Crippen LogP contribution in [0.5, 0.6) is 5.75 Å². The van der Waals surface area contributed by atoms with Crippen molar-refractivity contribution in [3.63, 3.8) is 0 Å². The zero-order chi connectivity index (χ0) is 32.9. The molecule has 0 spiro atoms. The lowest BCUT2D eigenvalue weighted by molar-refractivity contribution is -0.108. The predicted octanol–water partition coefficient (Wildman–Crippen LogP) is 6.04. The minimum absolute atomic E-state index is 0.177. The fourth-order valence-corrected chi connectivity index (χ4v) is 8.62. The fraction of sp³-hybridized carbons (Fsp3) is 0.500. The number of fused-ring (bicyclic) bond motifs is 3. The smallest absolute Gasteiger partial charge is 0.261 e. The number of aryl methyl sites for hydroxylation is 1. The minimum Gasteiger partial charge on any atom is -0.497 e. The van der Waals surface area contributed by atoms with Crippen molar-refractivity contribution < 1.29 is 9.13 Å². The molecule has 1 saturated heterocycles. The zero-order valence-corrected chi connectivity index (χ0v) is 28.6. The number of piperazine rings is 1. The van der Waals surface area contributed by atoms with Crippen LogP contribution in [-0.2, 0) is 13.0 Å². The fourth-order valence-electron chi connectivity index (χ4n) is 7.99. The second kappa shape index (κ2) is 12.6. The number of aliphatic imine (C=N–C) groups is 1. The molecule has 5 unspecified atom stereocenters. The van der Waals surface area contributed by atoms with Crippen molar-refractivity contribution >= 4 is 33.9 Å². The number of nitrogens with zero attached hydrogens (tertiary/aromatic N) is 5. The molecule has 0 radical (unpaired) electrons. The highest BCUT2D eigenvalue weighted by molar-refractivity contribution is 7.13. The summed E-state index contributed by atoms with van der Waals surface area (Å²) in [5.74, 6) is 3.41. The Kier molecular flexibility index (Phi) is 8.55. The quantitative estimate of drug-likeness (QED) is 0.185. The molecule has 3 heterocycles. The van der Waals surface area contributed by atoms with Crippen molar-refractivity contribution in [2.75, 3.05) is 32.1 Å². The molecule has 11 heteroatoms. The van der Waals surface area contributed by atoms with Crippen molar-refractivity contribution in [1.29, 1.82) is 0 Å². The van der Waals surface area contributed by atoms with Gasteiger partial charge in [0.2, 0.25) is 0 Å². The van der Waals surface area contributed by atoms with Crippen LogP contribution in [0.4, 0.5) is 10.1 Å². The Balaban J connectivity index is 1.21. The van der Waals surface area contributed by atoms with E-state index >= 15 is 0 Å². The third kappa shape index (κ3) is 6.04. The number of halogens is 1. The predicted molar refractivity (Wildman–Crippen MR) is 187 cm³/mol. The van der Waals surface area contributed by atoms with E-state index in [1.54, 1.807) is 22.9 Å². The number of benzene rings is 2. The van der Waals surface area contributed by atoms with Crippen molar-refractivity contribution in [3.05, 3.63) is 69.7 Å². The van der Waals surface area contributed by atoms with Crippen molar-refractivity contribution in [1.82, 2.24) is 24.8 Å². The first-order valence-corrected chi connectivity index (χ1v) is 17.6. The third-order valence-electron chi connectivity index (χ3n) is 11.0. The number of hydrogen-bond donors (Lipinski definition) is 2. The zero-order valence-electron chi connectivity index (χ0n) is 27.8. The molecule has 47 heavy (non-hydrogen) atoms. The van der Waals surface area contributed by atoms with Gasteiger partial charge in [-0.05, 0) is 79.2 Å². The maximum atomic E-state index is 14.8. The Morgan fingerprint density at radius 3 is 2.77 bits per heavy atom. The third-order valence-corrected chi connectivity index (χ3v) is 11.7. The molecular weight excluding hydrogens is 614 g/mol. The van der Waals surface area contributed by atoms with Gasteiger partial charge in [0.15, 0.2) is 16.8 Å². The maximum Gasteiger partial charge on any atom is 0.261 e. The second-order valence-electron chi connectivity index (χ2n) is 14.1. The van der Waals surface area contributed by atoms with E-state index in [0.29, 0.717) is 62.8 Å². The highest BCUT2D eigenvalue weighted by Crippen LogP contribution is 2.61. The lowest BCUT2D eigenvalue weighted by Crippen LogP contribution is -2.57. The number of nitrogens with one attached hydrogen (secondary N) is 2. The van der Waals surface area contributed by atoms with Crippen LogP contribution >= 0.6 is 11.3 Å². The highest BCUT2D eigenvalue weighted by atomic mass is 32.1. The van der Waals surface area contributed by atoms with Crippen LogP contribution in [0.2, 0.25) is 0 Å². The average Bonchev–Trinajstić information content (AvgIpc) is 3.60. The summed E-state index contributed by atoms with van der Waals surface area (Å²) in [6.45, 7) is 12.3. The number of rotatable bonds is 7. The van der Waals surface area contributed by atoms with Crippen LogP contribution in [0.1, 0.15) is 46.1 Å². The topological polar surface area (TPSA) is 96.7 Å². The van der Waals surface area contributed by atoms with Gasteiger partial charge >= 0.3 is 0 Å². The van der Waals surface area contributed by atoms with Crippen molar-refractivity contribution in [2.45, 2.75) is 65.6 Å². The van der Waals surface area contributed by atoms with Crippen LogP contribution in [-0.4, -0.2) is 64.2 Å². The molecular formula is C36H44FN7O2S. The maximum absolute atomic E-state index is 14.8. The van der Waals surface area contributed by atoms with E-state index in [-0.39, 0.29) is 24.0 Å². The van der Waals surface area contributed by atoms with Gasteiger partial charge in [-0.2, -0.15) is 0 Å². The van der Waals surface area contributed by atoms with Gasteiger partial charge in [0.25, 0.3) is 5.56 Å². The molecule has 9 nitrogen and oxygen atoms in total. The van der Waals surface area contributed by atoms with E-state index in [4.69, 9.17) is 14.7 Å². The summed E-state index contributed by atoms with van der Waals surface area (Å²) < 4.78 is 21.5. The summed E-state index contributed by atoms with van der Waals surface area (Å²) >= 11 is 1.42. The van der Waals surface area contributed by atoms with Crippen LogP contribution < -0.4 is 20.9 Å². The molecule has 5 atom stereocenters. The monoisotopic (exact) mass is 657 g/mol. The first-order chi connectivity index (χ1) is 22.6. The summed E-state index contributed by atoms with van der Waals surface area (Å²) in [5, 5.41) is 10.2. The molecule has 2 bridgehead atoms. The normalized spacial score (nSPS) is 25.4. The van der Waals surface area contributed by atoms with Gasteiger partial charge in [-0.3, -0.25) is 9.36 Å². The van der Waals surface area contributed by atoms with Gasteiger partial charge in [-0.1, -0.05) is 26.8 Å². The Hall–Kier alpha value is -3.83. The average molecular weight is 658 g/mol. The second-order valence-corrected chi connectivity index (χ2v) is 15.0. The van der Waals surface area contributed by atoms with Crippen molar-refractivity contribution in [2.24, 2.45) is 28.2 Å². The van der Waals surface area contributed by atoms with Crippen LogP contribution in [0.3, 0.4) is 0 Å². The number of aromatic nitrogens is 3. The molecule has 2 N–H and O–H groups in total. The molecule has 2 aromatic carbocycles.